The second-order valence-electron chi connectivity index (χ2n) is 4.08. The predicted molar refractivity (Wildman–Crippen MR) is 83.2 cm³/mol. The van der Waals surface area contributed by atoms with Crippen molar-refractivity contribution in [3.05, 3.63) is 70.3 Å². The number of benzene rings is 2. The second-order valence-corrected chi connectivity index (χ2v) is 4.49. The summed E-state index contributed by atoms with van der Waals surface area (Å²) >= 11 is 5.02. The zero-order chi connectivity index (χ0) is 15.2. The largest absolute Gasteiger partial charge is 0.332 e. The normalized spacial score (nSPS) is 9.71. The highest BCUT2D eigenvalue weighted by Gasteiger charge is 2.12. The molecule has 0 aliphatic rings. The molecule has 0 saturated heterocycles. The molecule has 7 heteroatoms. The van der Waals surface area contributed by atoms with Crippen LogP contribution >= 0.6 is 12.2 Å². The topological polar surface area (TPSA) is 84.3 Å². The van der Waals surface area contributed by atoms with Crippen molar-refractivity contribution in [2.45, 2.75) is 0 Å². The Balaban J connectivity index is 2.02. The summed E-state index contributed by atoms with van der Waals surface area (Å²) in [5.74, 6) is -0.507. The van der Waals surface area contributed by atoms with E-state index in [9.17, 15) is 14.9 Å². The number of rotatable bonds is 3. The van der Waals surface area contributed by atoms with E-state index < -0.39 is 10.8 Å². The van der Waals surface area contributed by atoms with Crippen LogP contribution in [0.4, 0.5) is 11.4 Å². The molecule has 0 aromatic heterocycles. The minimum atomic E-state index is -0.558. The molecule has 0 bridgehead atoms. The highest BCUT2D eigenvalue weighted by molar-refractivity contribution is 7.80. The molecule has 0 heterocycles. The number of amides is 1. The second kappa shape index (κ2) is 6.58. The molecule has 0 radical (unpaired) electrons. The number of non-ortho nitro benzene ring substituents is 1. The summed E-state index contributed by atoms with van der Waals surface area (Å²) in [7, 11) is 0. The number of carbonyl (C=O) groups is 1. The fourth-order valence-corrected chi connectivity index (χ4v) is 1.83. The summed E-state index contributed by atoms with van der Waals surface area (Å²) < 4.78 is 0. The van der Waals surface area contributed by atoms with Crippen molar-refractivity contribution in [3.63, 3.8) is 0 Å². The van der Waals surface area contributed by atoms with E-state index in [1.165, 1.54) is 24.3 Å². The summed E-state index contributed by atoms with van der Waals surface area (Å²) in [6.07, 6.45) is 0. The Morgan fingerprint density at radius 2 is 1.81 bits per heavy atom. The summed E-state index contributed by atoms with van der Waals surface area (Å²) in [5, 5.41) is 16.1. The molecule has 2 N–H and O–H groups in total. The Kier molecular flexibility index (Phi) is 4.57. The molecular formula is C14H11N3O3S. The number of nitro benzene ring substituents is 1. The highest BCUT2D eigenvalue weighted by Crippen LogP contribution is 2.13. The number of thiocarbonyl (C=S) groups is 1. The molecule has 6 nitrogen and oxygen atoms in total. The Bertz CT molecular complexity index is 689. The number of anilines is 1. The molecule has 0 unspecified atom stereocenters. The maximum atomic E-state index is 12.0. The van der Waals surface area contributed by atoms with Crippen molar-refractivity contribution in [1.29, 1.82) is 0 Å². The van der Waals surface area contributed by atoms with Gasteiger partial charge in [0.1, 0.15) is 0 Å². The van der Waals surface area contributed by atoms with Crippen molar-refractivity contribution < 1.29 is 9.72 Å². The van der Waals surface area contributed by atoms with Gasteiger partial charge in [-0.3, -0.25) is 20.2 Å². The van der Waals surface area contributed by atoms with Crippen LogP contribution in [0.1, 0.15) is 10.4 Å². The number of hydrogen-bond donors (Lipinski definition) is 2. The van der Waals surface area contributed by atoms with Crippen molar-refractivity contribution in [2.24, 2.45) is 0 Å². The maximum Gasteiger partial charge on any atom is 0.270 e. The van der Waals surface area contributed by atoms with Crippen LogP contribution < -0.4 is 10.6 Å². The van der Waals surface area contributed by atoms with Gasteiger partial charge in [-0.15, -0.1) is 0 Å². The zero-order valence-corrected chi connectivity index (χ0v) is 11.6. The van der Waals surface area contributed by atoms with Gasteiger partial charge in [0.15, 0.2) is 5.11 Å². The van der Waals surface area contributed by atoms with Crippen molar-refractivity contribution in [2.75, 3.05) is 5.32 Å². The molecule has 2 rings (SSSR count). The minimum absolute atomic E-state index is 0.123. The Labute approximate surface area is 125 Å². The van der Waals surface area contributed by atoms with Crippen LogP contribution in [0.2, 0.25) is 0 Å². The number of hydrogen-bond acceptors (Lipinski definition) is 4. The van der Waals surface area contributed by atoms with Crippen LogP contribution in [-0.2, 0) is 0 Å². The molecular weight excluding hydrogens is 290 g/mol. The molecule has 0 aliphatic carbocycles. The lowest BCUT2D eigenvalue weighted by Gasteiger charge is -2.09. The van der Waals surface area contributed by atoms with E-state index in [1.54, 1.807) is 12.1 Å². The van der Waals surface area contributed by atoms with Crippen molar-refractivity contribution >= 4 is 34.6 Å². The van der Waals surface area contributed by atoms with Crippen LogP contribution in [-0.4, -0.2) is 15.9 Å². The lowest BCUT2D eigenvalue weighted by molar-refractivity contribution is -0.384. The van der Waals surface area contributed by atoms with E-state index >= 15 is 0 Å². The lowest BCUT2D eigenvalue weighted by atomic mass is 10.2. The fourth-order valence-electron chi connectivity index (χ4n) is 1.62. The first kappa shape index (κ1) is 14.6. The molecule has 0 spiro atoms. The van der Waals surface area contributed by atoms with Gasteiger partial charge in [0.05, 0.1) is 4.92 Å². The first-order valence-corrected chi connectivity index (χ1v) is 6.39. The summed E-state index contributed by atoms with van der Waals surface area (Å²) in [6, 6.07) is 14.5. The first-order chi connectivity index (χ1) is 10.1. The molecule has 0 atom stereocenters. The van der Waals surface area contributed by atoms with E-state index in [2.05, 4.69) is 10.6 Å². The third kappa shape index (κ3) is 4.08. The third-order valence-electron chi connectivity index (χ3n) is 2.58. The monoisotopic (exact) mass is 301 g/mol. The highest BCUT2D eigenvalue weighted by atomic mass is 32.1. The quantitative estimate of drug-likeness (QED) is 0.517. The average Bonchev–Trinajstić information content (AvgIpc) is 2.48. The van der Waals surface area contributed by atoms with Gasteiger partial charge < -0.3 is 5.32 Å². The zero-order valence-electron chi connectivity index (χ0n) is 10.8. The smallest absolute Gasteiger partial charge is 0.270 e. The number of nitrogens with one attached hydrogen (secondary N) is 2. The minimum Gasteiger partial charge on any atom is -0.332 e. The molecule has 2 aromatic carbocycles. The molecule has 1 amide bonds. The molecule has 0 fully saturated rings. The van der Waals surface area contributed by atoms with E-state index in [-0.39, 0.29) is 16.4 Å². The third-order valence-corrected chi connectivity index (χ3v) is 2.78. The van der Waals surface area contributed by atoms with Gasteiger partial charge in [-0.2, -0.15) is 0 Å². The van der Waals surface area contributed by atoms with Gasteiger partial charge in [-0.25, -0.2) is 0 Å². The van der Waals surface area contributed by atoms with Crippen molar-refractivity contribution in [1.82, 2.24) is 5.32 Å². The number of carbonyl (C=O) groups excluding carboxylic acids is 1. The molecule has 2 aromatic rings. The Hall–Kier alpha value is -2.80. The van der Waals surface area contributed by atoms with Crippen LogP contribution in [0.25, 0.3) is 0 Å². The van der Waals surface area contributed by atoms with Crippen LogP contribution in [0.3, 0.4) is 0 Å². The van der Waals surface area contributed by atoms with Crippen LogP contribution in [0.15, 0.2) is 54.6 Å². The van der Waals surface area contributed by atoms with Gasteiger partial charge in [0, 0.05) is 23.4 Å². The van der Waals surface area contributed by atoms with Gasteiger partial charge in [-0.05, 0) is 30.4 Å². The van der Waals surface area contributed by atoms with Gasteiger partial charge >= 0.3 is 0 Å². The lowest BCUT2D eigenvalue weighted by Crippen LogP contribution is -2.34. The summed E-state index contributed by atoms with van der Waals surface area (Å²) in [6.45, 7) is 0. The summed E-state index contributed by atoms with van der Waals surface area (Å²) in [4.78, 5) is 22.1. The first-order valence-electron chi connectivity index (χ1n) is 5.98. The van der Waals surface area contributed by atoms with Crippen molar-refractivity contribution in [3.8, 4) is 0 Å². The predicted octanol–water partition coefficient (Wildman–Crippen LogP) is 2.72. The molecule has 21 heavy (non-hydrogen) atoms. The Morgan fingerprint density at radius 1 is 1.10 bits per heavy atom. The van der Waals surface area contributed by atoms with Crippen LogP contribution in [0.5, 0.6) is 0 Å². The number of nitro groups is 1. The van der Waals surface area contributed by atoms with Gasteiger partial charge in [0.2, 0.25) is 0 Å². The van der Waals surface area contributed by atoms with Gasteiger partial charge in [0.25, 0.3) is 11.6 Å². The number of para-hydroxylation sites is 1. The maximum absolute atomic E-state index is 12.0. The standard InChI is InChI=1S/C14H11N3O3S/c18-13(10-5-4-8-12(9-10)17(19)20)16-14(21)15-11-6-2-1-3-7-11/h1-9H,(H2,15,16,18,21). The van der Waals surface area contributed by atoms with E-state index in [0.29, 0.717) is 0 Å². The van der Waals surface area contributed by atoms with E-state index in [1.807, 2.05) is 18.2 Å². The fraction of sp³-hybridized carbons (Fsp3) is 0. The Morgan fingerprint density at radius 3 is 2.48 bits per heavy atom. The SMILES string of the molecule is O=C(NC(=S)Nc1ccccc1)c1cccc([N+](=O)[O-])c1. The molecule has 106 valence electrons. The van der Waals surface area contributed by atoms with E-state index in [4.69, 9.17) is 12.2 Å². The average molecular weight is 301 g/mol. The number of nitrogens with zero attached hydrogens (tertiary/aromatic N) is 1. The molecule has 0 aliphatic heterocycles. The van der Waals surface area contributed by atoms with Gasteiger partial charge in [-0.1, -0.05) is 24.3 Å². The molecule has 0 saturated carbocycles. The van der Waals surface area contributed by atoms with E-state index in [0.717, 1.165) is 5.69 Å². The van der Waals surface area contributed by atoms with Crippen LogP contribution in [0, 0.1) is 10.1 Å². The summed E-state index contributed by atoms with van der Waals surface area (Å²) in [5.41, 5.74) is 0.757.